The standard InChI is InChI=1S/C7H12O2.C5H12O4/c8-7(9)6-4-2-1-3-5-6;6-1-5(2-7,3-8)4-9/h6H,1-5H2,(H,8,9);6-9H,1-4H2. The fraction of sp³-hybridized carbons (Fsp3) is 0.917. The van der Waals surface area contributed by atoms with Crippen LogP contribution < -0.4 is 0 Å². The minimum absolute atomic E-state index is 0.0289. The van der Waals surface area contributed by atoms with Crippen molar-refractivity contribution in [2.75, 3.05) is 26.4 Å². The van der Waals surface area contributed by atoms with Gasteiger partial charge in [-0.05, 0) is 12.8 Å². The van der Waals surface area contributed by atoms with Crippen LogP contribution in [0.2, 0.25) is 0 Å². The summed E-state index contributed by atoms with van der Waals surface area (Å²) in [5.41, 5.74) is -1.11. The molecule has 0 aromatic rings. The zero-order valence-corrected chi connectivity index (χ0v) is 10.6. The Labute approximate surface area is 107 Å². The summed E-state index contributed by atoms with van der Waals surface area (Å²) in [6, 6.07) is 0. The maximum Gasteiger partial charge on any atom is 0.306 e. The minimum Gasteiger partial charge on any atom is -0.481 e. The van der Waals surface area contributed by atoms with Crippen LogP contribution in [0.4, 0.5) is 0 Å². The van der Waals surface area contributed by atoms with E-state index in [-0.39, 0.29) is 5.92 Å². The Morgan fingerprint density at radius 2 is 1.28 bits per heavy atom. The highest BCUT2D eigenvalue weighted by molar-refractivity contribution is 5.69. The molecule has 0 unspecified atom stereocenters. The summed E-state index contributed by atoms with van der Waals surface area (Å²) in [5, 5.41) is 42.5. The first-order chi connectivity index (χ1) is 8.55. The van der Waals surface area contributed by atoms with Gasteiger partial charge in [-0.2, -0.15) is 0 Å². The van der Waals surface area contributed by atoms with E-state index < -0.39 is 37.8 Å². The molecule has 1 rings (SSSR count). The Hall–Kier alpha value is -0.690. The summed E-state index contributed by atoms with van der Waals surface area (Å²) in [6.45, 7) is -1.62. The van der Waals surface area contributed by atoms with Gasteiger partial charge in [0.2, 0.25) is 0 Å². The van der Waals surface area contributed by atoms with E-state index in [1.165, 1.54) is 6.42 Å². The third-order valence-corrected chi connectivity index (χ3v) is 3.30. The van der Waals surface area contributed by atoms with Crippen molar-refractivity contribution in [2.45, 2.75) is 32.1 Å². The zero-order chi connectivity index (χ0) is 14.0. The van der Waals surface area contributed by atoms with Crippen LogP contribution in [0.15, 0.2) is 0 Å². The molecule has 1 fully saturated rings. The molecule has 6 heteroatoms. The topological polar surface area (TPSA) is 118 Å². The molecule has 0 bridgehead atoms. The van der Waals surface area contributed by atoms with Gasteiger partial charge < -0.3 is 25.5 Å². The number of aliphatic hydroxyl groups excluding tert-OH is 4. The van der Waals surface area contributed by atoms with Gasteiger partial charge in [0, 0.05) is 0 Å². The average molecular weight is 264 g/mol. The van der Waals surface area contributed by atoms with Crippen molar-refractivity contribution in [1.29, 1.82) is 0 Å². The number of aliphatic hydroxyl groups is 4. The van der Waals surface area contributed by atoms with Crippen LogP contribution in [-0.2, 0) is 4.79 Å². The summed E-state index contributed by atoms with van der Waals surface area (Å²) in [4.78, 5) is 10.4. The van der Waals surface area contributed by atoms with Gasteiger partial charge in [0.15, 0.2) is 0 Å². The fourth-order valence-electron chi connectivity index (χ4n) is 1.65. The van der Waals surface area contributed by atoms with Gasteiger partial charge >= 0.3 is 5.97 Å². The van der Waals surface area contributed by atoms with Crippen molar-refractivity contribution in [3.63, 3.8) is 0 Å². The molecule has 0 radical (unpaired) electrons. The van der Waals surface area contributed by atoms with Gasteiger partial charge in [-0.25, -0.2) is 0 Å². The third kappa shape index (κ3) is 5.77. The first-order valence-corrected chi connectivity index (χ1v) is 6.21. The molecule has 5 N–H and O–H groups in total. The normalized spacial score (nSPS) is 16.9. The summed E-state index contributed by atoms with van der Waals surface area (Å²) < 4.78 is 0. The van der Waals surface area contributed by atoms with Crippen LogP contribution in [0.25, 0.3) is 0 Å². The van der Waals surface area contributed by atoms with Gasteiger partial charge in [0.05, 0.1) is 37.8 Å². The highest BCUT2D eigenvalue weighted by atomic mass is 16.4. The molecule has 1 aliphatic carbocycles. The number of hydrogen-bond donors (Lipinski definition) is 5. The number of carboxylic acids is 1. The molecule has 0 heterocycles. The van der Waals surface area contributed by atoms with Crippen molar-refractivity contribution in [3.05, 3.63) is 0 Å². The predicted molar refractivity (Wildman–Crippen MR) is 65.0 cm³/mol. The van der Waals surface area contributed by atoms with Gasteiger partial charge in [0.1, 0.15) is 0 Å². The summed E-state index contributed by atoms with van der Waals surface area (Å²) >= 11 is 0. The Morgan fingerprint density at radius 3 is 1.44 bits per heavy atom. The maximum absolute atomic E-state index is 10.4. The van der Waals surface area contributed by atoms with Crippen molar-refractivity contribution in [3.8, 4) is 0 Å². The van der Waals surface area contributed by atoms with Crippen molar-refractivity contribution in [1.82, 2.24) is 0 Å². The van der Waals surface area contributed by atoms with Gasteiger partial charge in [0.25, 0.3) is 0 Å². The molecule has 0 atom stereocenters. The second-order valence-electron chi connectivity index (χ2n) is 4.81. The molecule has 1 saturated carbocycles. The average Bonchev–Trinajstić information content (AvgIpc) is 2.44. The van der Waals surface area contributed by atoms with Gasteiger partial charge in [-0.1, -0.05) is 19.3 Å². The summed E-state index contributed by atoms with van der Waals surface area (Å²) in [5.74, 6) is -0.631. The third-order valence-electron chi connectivity index (χ3n) is 3.30. The Bertz CT molecular complexity index is 203. The number of hydrogen-bond acceptors (Lipinski definition) is 5. The number of carbonyl (C=O) groups is 1. The van der Waals surface area contributed by atoms with Gasteiger partial charge in [-0.3, -0.25) is 4.79 Å². The Morgan fingerprint density at radius 1 is 0.889 bits per heavy atom. The molecule has 0 amide bonds. The molecule has 108 valence electrons. The molecule has 0 aromatic heterocycles. The maximum atomic E-state index is 10.4. The van der Waals surface area contributed by atoms with E-state index in [1.807, 2.05) is 0 Å². The fourth-order valence-corrected chi connectivity index (χ4v) is 1.65. The molecule has 0 aliphatic heterocycles. The van der Waals surface area contributed by atoms with Gasteiger partial charge in [-0.15, -0.1) is 0 Å². The molecule has 18 heavy (non-hydrogen) atoms. The van der Waals surface area contributed by atoms with Crippen LogP contribution in [-0.4, -0.2) is 57.9 Å². The van der Waals surface area contributed by atoms with E-state index in [2.05, 4.69) is 0 Å². The van der Waals surface area contributed by atoms with Crippen LogP contribution >= 0.6 is 0 Å². The molecule has 0 aromatic carbocycles. The number of aliphatic carboxylic acids is 1. The largest absolute Gasteiger partial charge is 0.481 e. The van der Waals surface area contributed by atoms with E-state index in [4.69, 9.17) is 25.5 Å². The van der Waals surface area contributed by atoms with E-state index in [0.717, 1.165) is 25.7 Å². The molecular formula is C12H24O6. The van der Waals surface area contributed by atoms with E-state index in [9.17, 15) is 4.79 Å². The molecule has 0 saturated heterocycles. The van der Waals surface area contributed by atoms with E-state index in [1.54, 1.807) is 0 Å². The van der Waals surface area contributed by atoms with Crippen molar-refractivity contribution in [2.24, 2.45) is 11.3 Å². The molecular weight excluding hydrogens is 240 g/mol. The molecule has 1 aliphatic rings. The van der Waals surface area contributed by atoms with E-state index >= 15 is 0 Å². The second kappa shape index (κ2) is 9.27. The second-order valence-corrected chi connectivity index (χ2v) is 4.81. The lowest BCUT2D eigenvalue weighted by Crippen LogP contribution is -2.37. The minimum atomic E-state index is -1.11. The molecule has 6 nitrogen and oxygen atoms in total. The lowest BCUT2D eigenvalue weighted by atomic mass is 9.90. The van der Waals surface area contributed by atoms with Crippen LogP contribution in [0.3, 0.4) is 0 Å². The predicted octanol–water partition coefficient (Wildman–Crippen LogP) is -0.407. The zero-order valence-electron chi connectivity index (χ0n) is 10.6. The SMILES string of the molecule is O=C(O)C1CCCCC1.OCC(CO)(CO)CO. The smallest absolute Gasteiger partial charge is 0.306 e. The quantitative estimate of drug-likeness (QED) is 0.461. The van der Waals surface area contributed by atoms with E-state index in [0.29, 0.717) is 0 Å². The summed E-state index contributed by atoms with van der Waals surface area (Å²) in [7, 11) is 0. The first kappa shape index (κ1) is 17.3. The molecule has 0 spiro atoms. The Kier molecular flexibility index (Phi) is 8.91. The number of carboxylic acid groups (broad SMARTS) is 1. The van der Waals surface area contributed by atoms with Crippen molar-refractivity contribution >= 4 is 5.97 Å². The highest BCUT2D eigenvalue weighted by Gasteiger charge is 2.26. The Balaban J connectivity index is 0.000000321. The summed E-state index contributed by atoms with van der Waals surface area (Å²) in [6.07, 6.45) is 5.24. The first-order valence-electron chi connectivity index (χ1n) is 6.21. The van der Waals surface area contributed by atoms with Crippen LogP contribution in [0.5, 0.6) is 0 Å². The lowest BCUT2D eigenvalue weighted by molar-refractivity contribution is -0.142. The van der Waals surface area contributed by atoms with Crippen LogP contribution in [0, 0.1) is 11.3 Å². The number of rotatable bonds is 5. The monoisotopic (exact) mass is 264 g/mol. The van der Waals surface area contributed by atoms with Crippen molar-refractivity contribution < 1.29 is 30.3 Å². The van der Waals surface area contributed by atoms with Crippen LogP contribution in [0.1, 0.15) is 32.1 Å². The highest BCUT2D eigenvalue weighted by Crippen LogP contribution is 2.23. The lowest BCUT2D eigenvalue weighted by Gasteiger charge is -2.23.